The highest BCUT2D eigenvalue weighted by Gasteiger charge is 2.29. The van der Waals surface area contributed by atoms with Gasteiger partial charge < -0.3 is 5.32 Å². The number of nitrogens with one attached hydrogen (secondary N) is 1. The number of benzene rings is 2. The second-order valence-corrected chi connectivity index (χ2v) is 10.2. The number of hydrogen-bond donors (Lipinski definition) is 1. The molecular weight excluding hydrogens is 420 g/mol. The number of pyridine rings is 1. The van der Waals surface area contributed by atoms with Crippen LogP contribution in [-0.4, -0.2) is 25.9 Å². The van der Waals surface area contributed by atoms with E-state index in [0.29, 0.717) is 11.5 Å². The monoisotopic (exact) mass is 448 g/mol. The predicted molar refractivity (Wildman–Crippen MR) is 128 cm³/mol. The third-order valence-corrected chi connectivity index (χ3v) is 7.39. The van der Waals surface area contributed by atoms with Crippen LogP contribution in [0.15, 0.2) is 84.0 Å². The number of amides is 1. The van der Waals surface area contributed by atoms with E-state index in [1.165, 1.54) is 17.8 Å². The molecule has 0 aliphatic heterocycles. The van der Waals surface area contributed by atoms with E-state index in [-0.39, 0.29) is 17.3 Å². The molecule has 3 rings (SSSR count). The first-order chi connectivity index (χ1) is 15.3. The number of carbonyl (C=O) groups excluding carboxylic acids is 1. The molecule has 2 aromatic carbocycles. The van der Waals surface area contributed by atoms with Crippen LogP contribution in [0.4, 0.5) is 0 Å². The molecular formula is C26H28N2O3S. The summed E-state index contributed by atoms with van der Waals surface area (Å²) in [6.45, 7) is 6.10. The minimum atomic E-state index is -3.73. The van der Waals surface area contributed by atoms with E-state index in [9.17, 15) is 13.2 Å². The Morgan fingerprint density at radius 2 is 1.69 bits per heavy atom. The molecule has 6 heteroatoms. The van der Waals surface area contributed by atoms with Gasteiger partial charge in [-0.2, -0.15) is 0 Å². The number of sulfone groups is 1. The zero-order valence-corrected chi connectivity index (χ0v) is 19.3. The standard InChI is InChI=1S/C26H28N2O3S/c1-19(2)22-11-8-21(9-12-22)10-15-26(29)28-18-25(23-5-4-16-27-17-23)32(30,31)24-13-6-20(3)7-14-24/h4-17,19,25H,18H2,1-3H3,(H,28,29)/b15-10+. The van der Waals surface area contributed by atoms with Gasteiger partial charge in [0.15, 0.2) is 9.84 Å². The number of nitrogens with zero attached hydrogens (tertiary/aromatic N) is 1. The number of carbonyl (C=O) groups is 1. The summed E-state index contributed by atoms with van der Waals surface area (Å²) < 4.78 is 26.7. The van der Waals surface area contributed by atoms with Gasteiger partial charge >= 0.3 is 0 Å². The maximum atomic E-state index is 13.3. The maximum absolute atomic E-state index is 13.3. The van der Waals surface area contributed by atoms with Crippen molar-refractivity contribution in [1.82, 2.24) is 10.3 Å². The molecule has 1 heterocycles. The van der Waals surface area contributed by atoms with E-state index in [0.717, 1.165) is 11.1 Å². The highest BCUT2D eigenvalue weighted by atomic mass is 32.2. The molecule has 0 bridgehead atoms. The molecule has 0 fully saturated rings. The first kappa shape index (κ1) is 23.4. The van der Waals surface area contributed by atoms with Gasteiger partial charge in [-0.1, -0.05) is 61.9 Å². The largest absolute Gasteiger partial charge is 0.351 e. The highest BCUT2D eigenvalue weighted by molar-refractivity contribution is 7.91. The summed E-state index contributed by atoms with van der Waals surface area (Å²) in [6.07, 6.45) is 6.25. The van der Waals surface area contributed by atoms with E-state index in [2.05, 4.69) is 24.1 Å². The van der Waals surface area contributed by atoms with Crippen molar-refractivity contribution < 1.29 is 13.2 Å². The van der Waals surface area contributed by atoms with Crippen LogP contribution in [0.3, 0.4) is 0 Å². The van der Waals surface area contributed by atoms with Crippen molar-refractivity contribution in [3.05, 3.63) is 101 Å². The van der Waals surface area contributed by atoms with Gasteiger partial charge in [0.2, 0.25) is 5.91 Å². The molecule has 32 heavy (non-hydrogen) atoms. The van der Waals surface area contributed by atoms with Gasteiger partial charge in [0.25, 0.3) is 0 Å². The van der Waals surface area contributed by atoms with Crippen LogP contribution >= 0.6 is 0 Å². The van der Waals surface area contributed by atoms with E-state index < -0.39 is 15.1 Å². The first-order valence-electron chi connectivity index (χ1n) is 10.5. The van der Waals surface area contributed by atoms with Gasteiger partial charge in [0, 0.05) is 25.0 Å². The highest BCUT2D eigenvalue weighted by Crippen LogP contribution is 2.28. The molecule has 5 nitrogen and oxygen atoms in total. The minimum absolute atomic E-state index is 0.0582. The third-order valence-electron chi connectivity index (χ3n) is 5.27. The number of aryl methyl sites for hydroxylation is 1. The van der Waals surface area contributed by atoms with Gasteiger partial charge in [-0.15, -0.1) is 0 Å². The molecule has 1 atom stereocenters. The molecule has 1 unspecified atom stereocenters. The Morgan fingerprint density at radius 3 is 2.28 bits per heavy atom. The molecule has 1 aromatic heterocycles. The quantitative estimate of drug-likeness (QED) is 0.500. The zero-order valence-electron chi connectivity index (χ0n) is 18.5. The summed E-state index contributed by atoms with van der Waals surface area (Å²) in [5, 5.41) is 1.79. The van der Waals surface area contributed by atoms with Gasteiger partial charge in [0.1, 0.15) is 5.25 Å². The fourth-order valence-corrected chi connectivity index (χ4v) is 4.93. The summed E-state index contributed by atoms with van der Waals surface area (Å²) in [5.74, 6) is 0.0853. The van der Waals surface area contributed by atoms with Crippen LogP contribution in [0, 0.1) is 6.92 Å². The Kier molecular flexibility index (Phi) is 7.59. The summed E-state index contributed by atoms with van der Waals surface area (Å²) in [7, 11) is -3.73. The second-order valence-electron chi connectivity index (χ2n) is 8.03. The van der Waals surface area contributed by atoms with Crippen LogP contribution in [0.1, 0.15) is 47.3 Å². The lowest BCUT2D eigenvalue weighted by atomic mass is 10.0. The van der Waals surface area contributed by atoms with Crippen LogP contribution in [-0.2, 0) is 14.6 Å². The van der Waals surface area contributed by atoms with Crippen molar-refractivity contribution in [3.63, 3.8) is 0 Å². The van der Waals surface area contributed by atoms with Crippen LogP contribution in [0.25, 0.3) is 6.08 Å². The SMILES string of the molecule is Cc1ccc(S(=O)(=O)C(CNC(=O)/C=C/c2ccc(C(C)C)cc2)c2cccnc2)cc1. The van der Waals surface area contributed by atoms with Crippen molar-refractivity contribution >= 4 is 21.8 Å². The van der Waals surface area contributed by atoms with Crippen molar-refractivity contribution in [2.45, 2.75) is 36.8 Å². The van der Waals surface area contributed by atoms with Crippen LogP contribution in [0.2, 0.25) is 0 Å². The first-order valence-corrected chi connectivity index (χ1v) is 12.1. The summed E-state index contributed by atoms with van der Waals surface area (Å²) >= 11 is 0. The molecule has 0 saturated carbocycles. The third kappa shape index (κ3) is 5.92. The summed E-state index contributed by atoms with van der Waals surface area (Å²) in [6, 6.07) is 18.1. The average Bonchev–Trinajstić information content (AvgIpc) is 2.79. The van der Waals surface area contributed by atoms with E-state index in [1.54, 1.807) is 48.7 Å². The lowest BCUT2D eigenvalue weighted by Gasteiger charge is -2.18. The van der Waals surface area contributed by atoms with E-state index >= 15 is 0 Å². The Balaban J connectivity index is 1.75. The van der Waals surface area contributed by atoms with Gasteiger partial charge in [-0.25, -0.2) is 8.42 Å². The number of rotatable bonds is 8. The Bertz CT molecular complexity index is 1170. The van der Waals surface area contributed by atoms with Crippen molar-refractivity contribution in [2.24, 2.45) is 0 Å². The van der Waals surface area contributed by atoms with E-state index in [4.69, 9.17) is 0 Å². The lowest BCUT2D eigenvalue weighted by molar-refractivity contribution is -0.116. The molecule has 1 N–H and O–H groups in total. The molecule has 0 saturated heterocycles. The summed E-state index contributed by atoms with van der Waals surface area (Å²) in [4.78, 5) is 16.7. The molecule has 0 aliphatic carbocycles. The van der Waals surface area contributed by atoms with Crippen molar-refractivity contribution in [3.8, 4) is 0 Å². The van der Waals surface area contributed by atoms with Crippen LogP contribution in [0.5, 0.6) is 0 Å². The lowest BCUT2D eigenvalue weighted by Crippen LogP contribution is -2.31. The topological polar surface area (TPSA) is 76.1 Å². The average molecular weight is 449 g/mol. The fraction of sp³-hybridized carbons (Fsp3) is 0.231. The molecule has 0 radical (unpaired) electrons. The molecule has 0 spiro atoms. The molecule has 1 amide bonds. The Labute approximate surface area is 190 Å². The second kappa shape index (κ2) is 10.4. The van der Waals surface area contributed by atoms with Gasteiger partial charge in [0.05, 0.1) is 4.90 Å². The predicted octanol–water partition coefficient (Wildman–Crippen LogP) is 4.86. The molecule has 166 valence electrons. The zero-order chi connectivity index (χ0) is 23.1. The fourth-order valence-electron chi connectivity index (χ4n) is 3.28. The number of hydrogen-bond acceptors (Lipinski definition) is 4. The van der Waals surface area contributed by atoms with Gasteiger partial charge in [-0.05, 0) is 53.8 Å². The number of aromatic nitrogens is 1. The molecule has 3 aromatic rings. The smallest absolute Gasteiger partial charge is 0.244 e. The normalized spacial score (nSPS) is 12.8. The minimum Gasteiger partial charge on any atom is -0.351 e. The van der Waals surface area contributed by atoms with Crippen LogP contribution < -0.4 is 5.32 Å². The Morgan fingerprint density at radius 1 is 1.00 bits per heavy atom. The Hall–Kier alpha value is -3.25. The maximum Gasteiger partial charge on any atom is 0.244 e. The van der Waals surface area contributed by atoms with Crippen molar-refractivity contribution in [2.75, 3.05) is 6.54 Å². The molecule has 0 aliphatic rings. The van der Waals surface area contributed by atoms with Crippen molar-refractivity contribution in [1.29, 1.82) is 0 Å². The van der Waals surface area contributed by atoms with E-state index in [1.807, 2.05) is 31.2 Å². The van der Waals surface area contributed by atoms with Gasteiger partial charge in [-0.3, -0.25) is 9.78 Å². The summed E-state index contributed by atoms with van der Waals surface area (Å²) in [5.41, 5.74) is 3.64.